The molecule has 0 radical (unpaired) electrons. The van der Waals surface area contributed by atoms with E-state index in [2.05, 4.69) is 10.1 Å². The number of ether oxygens (including phenoxy) is 2. The highest BCUT2D eigenvalue weighted by molar-refractivity contribution is 5.85. The molecule has 0 unspecified atom stereocenters. The van der Waals surface area contributed by atoms with Crippen LogP contribution in [0, 0.1) is 10.1 Å². The minimum absolute atomic E-state index is 0. The molecule has 110 valence electrons. The monoisotopic (exact) mass is 302 g/mol. The van der Waals surface area contributed by atoms with Gasteiger partial charge >= 0.3 is 11.7 Å². The molecule has 1 N–H and O–H groups in total. The van der Waals surface area contributed by atoms with E-state index in [0.717, 1.165) is 0 Å². The first-order valence-electron chi connectivity index (χ1n) is 5.83. The number of halogens is 1. The molecule has 1 aromatic carbocycles. The number of hydrogen-bond acceptors (Lipinski definition) is 6. The fourth-order valence-corrected chi connectivity index (χ4v) is 2.00. The van der Waals surface area contributed by atoms with E-state index in [4.69, 9.17) is 4.74 Å². The van der Waals surface area contributed by atoms with Crippen molar-refractivity contribution in [3.05, 3.63) is 34.4 Å². The molecule has 0 bridgehead atoms. The van der Waals surface area contributed by atoms with Gasteiger partial charge in [-0.1, -0.05) is 12.1 Å². The van der Waals surface area contributed by atoms with E-state index in [1.807, 2.05) is 0 Å². The van der Waals surface area contributed by atoms with Gasteiger partial charge in [0.2, 0.25) is 0 Å². The van der Waals surface area contributed by atoms with Crippen molar-refractivity contribution in [3.8, 4) is 5.75 Å². The molecule has 0 spiro atoms. The van der Waals surface area contributed by atoms with Crippen LogP contribution in [-0.2, 0) is 9.53 Å². The average molecular weight is 303 g/mol. The molecular formula is C12H15ClN2O5. The molecule has 1 aliphatic heterocycles. The van der Waals surface area contributed by atoms with Crippen molar-refractivity contribution in [2.75, 3.05) is 13.7 Å². The van der Waals surface area contributed by atoms with Crippen molar-refractivity contribution in [2.45, 2.75) is 18.6 Å². The predicted octanol–water partition coefficient (Wildman–Crippen LogP) is 1.30. The Labute approximate surface area is 121 Å². The molecule has 20 heavy (non-hydrogen) atoms. The number of rotatable bonds is 4. The molecule has 1 aliphatic rings. The molecule has 7 nitrogen and oxygen atoms in total. The van der Waals surface area contributed by atoms with Crippen molar-refractivity contribution in [3.63, 3.8) is 0 Å². The fourth-order valence-electron chi connectivity index (χ4n) is 2.00. The van der Waals surface area contributed by atoms with Gasteiger partial charge in [0.25, 0.3) is 0 Å². The number of nitro benzene ring substituents is 1. The van der Waals surface area contributed by atoms with Crippen LogP contribution in [0.25, 0.3) is 0 Å². The summed E-state index contributed by atoms with van der Waals surface area (Å²) < 4.78 is 10.2. The normalized spacial score (nSPS) is 20.9. The Kier molecular flexibility index (Phi) is 5.72. The molecule has 1 aromatic rings. The van der Waals surface area contributed by atoms with Crippen LogP contribution in [0.4, 0.5) is 5.69 Å². The Bertz CT molecular complexity index is 496. The molecule has 8 heteroatoms. The highest BCUT2D eigenvalue weighted by Crippen LogP contribution is 2.28. The molecule has 0 aromatic heterocycles. The molecule has 2 rings (SSSR count). The second kappa shape index (κ2) is 7.06. The summed E-state index contributed by atoms with van der Waals surface area (Å²) in [6, 6.07) is 5.76. The number of benzene rings is 1. The van der Waals surface area contributed by atoms with E-state index in [1.165, 1.54) is 13.2 Å². The summed E-state index contributed by atoms with van der Waals surface area (Å²) in [6.07, 6.45) is 0.142. The quantitative estimate of drug-likeness (QED) is 0.512. The van der Waals surface area contributed by atoms with Crippen molar-refractivity contribution in [2.24, 2.45) is 0 Å². The van der Waals surface area contributed by atoms with Crippen molar-refractivity contribution < 1.29 is 19.2 Å². The van der Waals surface area contributed by atoms with Gasteiger partial charge in [0.05, 0.1) is 12.0 Å². The minimum atomic E-state index is -0.491. The number of nitro groups is 1. The minimum Gasteiger partial charge on any atom is -0.482 e. The summed E-state index contributed by atoms with van der Waals surface area (Å²) in [5, 5.41) is 13.8. The summed E-state index contributed by atoms with van der Waals surface area (Å²) in [6.45, 7) is 0.450. The number of nitrogens with one attached hydrogen (secondary N) is 1. The first-order chi connectivity index (χ1) is 9.11. The molecule has 0 saturated carbocycles. The molecule has 1 saturated heterocycles. The van der Waals surface area contributed by atoms with Crippen LogP contribution in [0.15, 0.2) is 24.3 Å². The van der Waals surface area contributed by atoms with Gasteiger partial charge in [-0.05, 0) is 6.07 Å². The average Bonchev–Trinajstić information content (AvgIpc) is 2.86. The van der Waals surface area contributed by atoms with E-state index in [9.17, 15) is 14.9 Å². The van der Waals surface area contributed by atoms with Gasteiger partial charge < -0.3 is 14.8 Å². The highest BCUT2D eigenvalue weighted by atomic mass is 35.5. The lowest BCUT2D eigenvalue weighted by Gasteiger charge is -2.12. The van der Waals surface area contributed by atoms with E-state index < -0.39 is 11.0 Å². The topological polar surface area (TPSA) is 90.7 Å². The third kappa shape index (κ3) is 3.58. The Balaban J connectivity index is 0.00000200. The molecule has 0 amide bonds. The van der Waals surface area contributed by atoms with Crippen LogP contribution in [0.5, 0.6) is 5.75 Å². The van der Waals surface area contributed by atoms with Gasteiger partial charge in [0.15, 0.2) is 5.75 Å². The predicted molar refractivity (Wildman–Crippen MR) is 73.2 cm³/mol. The van der Waals surface area contributed by atoms with Crippen molar-refractivity contribution >= 4 is 24.1 Å². The van der Waals surface area contributed by atoms with Gasteiger partial charge in [0, 0.05) is 19.0 Å². The van der Waals surface area contributed by atoms with Crippen LogP contribution < -0.4 is 10.1 Å². The van der Waals surface area contributed by atoms with Crippen LogP contribution in [0.2, 0.25) is 0 Å². The maximum Gasteiger partial charge on any atom is 0.323 e. The Morgan fingerprint density at radius 1 is 1.45 bits per heavy atom. The van der Waals surface area contributed by atoms with Crippen LogP contribution >= 0.6 is 12.4 Å². The van der Waals surface area contributed by atoms with Crippen molar-refractivity contribution in [1.29, 1.82) is 0 Å². The van der Waals surface area contributed by atoms with Crippen LogP contribution in [0.1, 0.15) is 6.42 Å². The first kappa shape index (κ1) is 16.2. The molecular weight excluding hydrogens is 288 g/mol. The standard InChI is InChI=1S/C12H14N2O5.ClH/c1-18-12(15)9-6-8(7-13-9)19-11-5-3-2-4-10(11)14(16)17;/h2-5,8-9,13H,6-7H2,1H3;1H/t8-,9-;/m0./s1. The van der Waals surface area contributed by atoms with Crippen molar-refractivity contribution in [1.82, 2.24) is 5.32 Å². The second-order valence-corrected chi connectivity index (χ2v) is 4.18. The SMILES string of the molecule is COC(=O)[C@@H]1C[C@H](Oc2ccccc2[N+](=O)[O-])CN1.Cl. The smallest absolute Gasteiger partial charge is 0.323 e. The van der Waals surface area contributed by atoms with Crippen LogP contribution in [-0.4, -0.2) is 36.7 Å². The number of esters is 1. The molecule has 2 atom stereocenters. The van der Waals surface area contributed by atoms with E-state index in [0.29, 0.717) is 13.0 Å². The summed E-state index contributed by atoms with van der Waals surface area (Å²) in [7, 11) is 1.32. The van der Waals surface area contributed by atoms with Gasteiger partial charge in [-0.3, -0.25) is 14.9 Å². The lowest BCUT2D eigenvalue weighted by Crippen LogP contribution is -2.31. The summed E-state index contributed by atoms with van der Waals surface area (Å²) in [5.74, 6) is -0.140. The molecule has 0 aliphatic carbocycles. The third-order valence-corrected chi connectivity index (χ3v) is 2.93. The number of nitrogens with zero attached hydrogens (tertiary/aromatic N) is 1. The van der Waals surface area contributed by atoms with E-state index >= 15 is 0 Å². The zero-order chi connectivity index (χ0) is 13.8. The lowest BCUT2D eigenvalue weighted by atomic mass is 10.2. The maximum atomic E-state index is 11.3. The van der Waals surface area contributed by atoms with E-state index in [1.54, 1.807) is 18.2 Å². The zero-order valence-electron chi connectivity index (χ0n) is 10.8. The number of carbonyl (C=O) groups is 1. The van der Waals surface area contributed by atoms with Crippen LogP contribution in [0.3, 0.4) is 0 Å². The van der Waals surface area contributed by atoms with Gasteiger partial charge in [-0.2, -0.15) is 0 Å². The first-order valence-corrected chi connectivity index (χ1v) is 5.83. The highest BCUT2D eigenvalue weighted by Gasteiger charge is 2.32. The fraction of sp³-hybridized carbons (Fsp3) is 0.417. The number of para-hydroxylation sites is 2. The molecule has 1 heterocycles. The van der Waals surface area contributed by atoms with E-state index in [-0.39, 0.29) is 35.9 Å². The third-order valence-electron chi connectivity index (χ3n) is 2.93. The maximum absolute atomic E-state index is 11.3. The Morgan fingerprint density at radius 2 is 2.15 bits per heavy atom. The number of hydrogen-bond donors (Lipinski definition) is 1. The Hall–Kier alpha value is -1.86. The summed E-state index contributed by atoms with van der Waals surface area (Å²) in [4.78, 5) is 21.7. The lowest BCUT2D eigenvalue weighted by molar-refractivity contribution is -0.386. The summed E-state index contributed by atoms with van der Waals surface area (Å²) >= 11 is 0. The Morgan fingerprint density at radius 3 is 2.80 bits per heavy atom. The van der Waals surface area contributed by atoms with Gasteiger partial charge in [-0.25, -0.2) is 0 Å². The second-order valence-electron chi connectivity index (χ2n) is 4.18. The van der Waals surface area contributed by atoms with Gasteiger partial charge in [0.1, 0.15) is 12.1 Å². The largest absolute Gasteiger partial charge is 0.482 e. The summed E-state index contributed by atoms with van der Waals surface area (Å²) in [5.41, 5.74) is -0.0796. The number of carbonyl (C=O) groups excluding carboxylic acids is 1. The molecule has 1 fully saturated rings. The zero-order valence-corrected chi connectivity index (χ0v) is 11.6. The van der Waals surface area contributed by atoms with Gasteiger partial charge in [-0.15, -0.1) is 12.4 Å². The number of methoxy groups -OCH3 is 1.